The number of halogens is 1. The van der Waals surface area contributed by atoms with E-state index in [1.165, 1.54) is 0 Å². The summed E-state index contributed by atoms with van der Waals surface area (Å²) in [5, 5.41) is 9.52. The number of carboxylic acid groups (broad SMARTS) is 1. The van der Waals surface area contributed by atoms with Crippen molar-refractivity contribution in [1.29, 1.82) is 0 Å². The lowest BCUT2D eigenvalue weighted by Gasteiger charge is -2.08. The second-order valence-corrected chi connectivity index (χ2v) is 4.30. The smallest absolute Gasteiger partial charge is 0.341 e. The van der Waals surface area contributed by atoms with Crippen LogP contribution in [0.2, 0.25) is 0 Å². The molecule has 1 aromatic heterocycles. The zero-order valence-electron chi connectivity index (χ0n) is 8.18. The molecule has 0 radical (unpaired) electrons. The molecule has 1 heterocycles. The van der Waals surface area contributed by atoms with Crippen LogP contribution in [0.5, 0.6) is 5.75 Å². The van der Waals surface area contributed by atoms with Crippen molar-refractivity contribution in [1.82, 2.24) is 4.98 Å². The molecule has 0 spiro atoms. The van der Waals surface area contributed by atoms with Crippen LogP contribution in [0.15, 0.2) is 30.5 Å². The molecule has 0 aliphatic rings. The second kappa shape index (κ2) is 4.65. The van der Waals surface area contributed by atoms with Gasteiger partial charge in [-0.1, -0.05) is 12.1 Å². The van der Waals surface area contributed by atoms with Gasteiger partial charge in [-0.05, 0) is 34.7 Å². The van der Waals surface area contributed by atoms with E-state index in [2.05, 4.69) is 27.6 Å². The Balaban J connectivity index is 2.48. The van der Waals surface area contributed by atoms with Gasteiger partial charge < -0.3 is 9.84 Å². The Morgan fingerprint density at radius 3 is 3.00 bits per heavy atom. The van der Waals surface area contributed by atoms with Crippen molar-refractivity contribution in [3.63, 3.8) is 0 Å². The Morgan fingerprint density at radius 2 is 2.25 bits per heavy atom. The number of benzene rings is 1. The van der Waals surface area contributed by atoms with Crippen LogP contribution in [0.3, 0.4) is 0 Å². The highest BCUT2D eigenvalue weighted by Gasteiger charge is 2.09. The molecule has 1 N–H and O–H groups in total. The number of rotatable bonds is 3. The zero-order chi connectivity index (χ0) is 11.5. The summed E-state index contributed by atoms with van der Waals surface area (Å²) in [6.45, 7) is -0.355. The first-order valence-corrected chi connectivity index (χ1v) is 5.64. The highest BCUT2D eigenvalue weighted by molar-refractivity contribution is 14.1. The number of hydrogen-bond acceptors (Lipinski definition) is 3. The van der Waals surface area contributed by atoms with Gasteiger partial charge in [-0.25, -0.2) is 4.79 Å². The number of aromatic nitrogens is 1. The van der Waals surface area contributed by atoms with Crippen molar-refractivity contribution in [3.05, 3.63) is 34.0 Å². The van der Waals surface area contributed by atoms with Crippen LogP contribution < -0.4 is 4.74 Å². The minimum Gasteiger partial charge on any atom is -0.479 e. The van der Waals surface area contributed by atoms with E-state index in [9.17, 15) is 4.79 Å². The Labute approximate surface area is 105 Å². The minimum absolute atomic E-state index is 0.355. The fourth-order valence-corrected chi connectivity index (χ4v) is 1.96. The number of pyridine rings is 1. The van der Waals surface area contributed by atoms with Gasteiger partial charge in [0.05, 0.1) is 3.57 Å². The summed E-state index contributed by atoms with van der Waals surface area (Å²) in [4.78, 5) is 14.7. The largest absolute Gasteiger partial charge is 0.479 e. The average Bonchev–Trinajstić information content (AvgIpc) is 2.27. The van der Waals surface area contributed by atoms with Crippen LogP contribution in [-0.2, 0) is 4.79 Å². The summed E-state index contributed by atoms with van der Waals surface area (Å²) in [7, 11) is 0. The summed E-state index contributed by atoms with van der Waals surface area (Å²) >= 11 is 2.10. The van der Waals surface area contributed by atoms with Crippen LogP contribution in [0, 0.1) is 3.57 Å². The fourth-order valence-electron chi connectivity index (χ4n) is 1.36. The lowest BCUT2D eigenvalue weighted by atomic mass is 10.2. The molecule has 0 unspecified atom stereocenters. The van der Waals surface area contributed by atoms with E-state index in [0.717, 1.165) is 8.96 Å². The Bertz CT molecular complexity index is 542. The van der Waals surface area contributed by atoms with Crippen LogP contribution >= 0.6 is 22.6 Å². The predicted molar refractivity (Wildman–Crippen MR) is 67.6 cm³/mol. The first-order valence-electron chi connectivity index (χ1n) is 4.56. The molecular formula is C11H8INO3. The normalized spacial score (nSPS) is 10.3. The van der Waals surface area contributed by atoms with E-state index >= 15 is 0 Å². The topological polar surface area (TPSA) is 59.4 Å². The molecule has 4 nitrogen and oxygen atoms in total. The highest BCUT2D eigenvalue weighted by Crippen LogP contribution is 2.29. The molecule has 2 aromatic rings. The quantitative estimate of drug-likeness (QED) is 0.878. The number of aliphatic carboxylic acids is 1. The summed E-state index contributed by atoms with van der Waals surface area (Å²) in [6, 6.07) is 7.54. The van der Waals surface area contributed by atoms with Gasteiger partial charge in [0.15, 0.2) is 12.4 Å². The minimum atomic E-state index is -0.997. The number of ether oxygens (including phenoxy) is 1. The van der Waals surface area contributed by atoms with E-state index in [1.807, 2.05) is 24.3 Å². The van der Waals surface area contributed by atoms with Gasteiger partial charge in [-0.15, -0.1) is 0 Å². The number of carbonyl (C=O) groups is 1. The van der Waals surface area contributed by atoms with Crippen molar-refractivity contribution in [2.45, 2.75) is 0 Å². The summed E-state index contributed by atoms with van der Waals surface area (Å²) in [5.41, 5.74) is 0.690. The van der Waals surface area contributed by atoms with Gasteiger partial charge in [-0.3, -0.25) is 4.98 Å². The predicted octanol–water partition coefficient (Wildman–Crippen LogP) is 2.30. The van der Waals surface area contributed by atoms with E-state index in [-0.39, 0.29) is 6.61 Å². The molecule has 0 saturated heterocycles. The lowest BCUT2D eigenvalue weighted by Crippen LogP contribution is -2.10. The molecule has 0 aliphatic carbocycles. The van der Waals surface area contributed by atoms with E-state index in [4.69, 9.17) is 9.84 Å². The van der Waals surface area contributed by atoms with Crippen LogP contribution in [0.1, 0.15) is 0 Å². The third kappa shape index (κ3) is 2.24. The summed E-state index contributed by atoms with van der Waals surface area (Å²) < 4.78 is 6.09. The number of carboxylic acids is 1. The molecule has 0 bridgehead atoms. The molecular weight excluding hydrogens is 321 g/mol. The maximum atomic E-state index is 10.5. The SMILES string of the molecule is O=C(O)COc1c(I)ccc2cccnc12. The molecule has 0 saturated carbocycles. The highest BCUT2D eigenvalue weighted by atomic mass is 127. The van der Waals surface area contributed by atoms with E-state index < -0.39 is 5.97 Å². The molecule has 2 rings (SSSR count). The summed E-state index contributed by atoms with van der Waals surface area (Å²) in [5.74, 6) is -0.468. The maximum absolute atomic E-state index is 10.5. The van der Waals surface area contributed by atoms with Gasteiger partial charge in [0, 0.05) is 11.6 Å². The summed E-state index contributed by atoms with van der Waals surface area (Å²) in [6.07, 6.45) is 1.66. The van der Waals surface area contributed by atoms with Crippen molar-refractivity contribution >= 4 is 39.5 Å². The van der Waals surface area contributed by atoms with Crippen molar-refractivity contribution in [2.75, 3.05) is 6.61 Å². The van der Waals surface area contributed by atoms with Gasteiger partial charge in [-0.2, -0.15) is 0 Å². The standard InChI is InChI=1S/C11H8INO3/c12-8-4-3-7-2-1-5-13-10(7)11(8)16-6-9(14)15/h1-5H,6H2,(H,14,15). The van der Waals surface area contributed by atoms with Crippen LogP contribution in [0.4, 0.5) is 0 Å². The lowest BCUT2D eigenvalue weighted by molar-refractivity contribution is -0.139. The number of hydrogen-bond donors (Lipinski definition) is 1. The Morgan fingerprint density at radius 1 is 1.44 bits per heavy atom. The fraction of sp³-hybridized carbons (Fsp3) is 0.0909. The van der Waals surface area contributed by atoms with Crippen molar-refractivity contribution < 1.29 is 14.6 Å². The van der Waals surface area contributed by atoms with E-state index in [1.54, 1.807) is 6.20 Å². The zero-order valence-corrected chi connectivity index (χ0v) is 10.3. The van der Waals surface area contributed by atoms with Crippen LogP contribution in [-0.4, -0.2) is 22.7 Å². The van der Waals surface area contributed by atoms with Gasteiger partial charge in [0.25, 0.3) is 0 Å². The first-order chi connectivity index (χ1) is 7.68. The van der Waals surface area contributed by atoms with Crippen LogP contribution in [0.25, 0.3) is 10.9 Å². The van der Waals surface area contributed by atoms with Gasteiger partial charge >= 0.3 is 5.97 Å². The number of nitrogens with zero attached hydrogens (tertiary/aromatic N) is 1. The molecule has 16 heavy (non-hydrogen) atoms. The Kier molecular flexibility index (Phi) is 3.23. The Hall–Kier alpha value is -1.37. The second-order valence-electron chi connectivity index (χ2n) is 3.13. The van der Waals surface area contributed by atoms with Crippen molar-refractivity contribution in [2.24, 2.45) is 0 Å². The molecule has 82 valence electrons. The van der Waals surface area contributed by atoms with Gasteiger partial charge in [0.1, 0.15) is 5.52 Å². The number of fused-ring (bicyclic) bond motifs is 1. The molecule has 1 aromatic carbocycles. The third-order valence-electron chi connectivity index (χ3n) is 2.02. The third-order valence-corrected chi connectivity index (χ3v) is 2.87. The molecule has 0 atom stereocenters. The molecule has 0 fully saturated rings. The van der Waals surface area contributed by atoms with Crippen molar-refractivity contribution in [3.8, 4) is 5.75 Å². The average molecular weight is 329 g/mol. The first kappa shape index (κ1) is 11.1. The monoisotopic (exact) mass is 329 g/mol. The molecule has 0 amide bonds. The van der Waals surface area contributed by atoms with Gasteiger partial charge in [0.2, 0.25) is 0 Å². The van der Waals surface area contributed by atoms with E-state index in [0.29, 0.717) is 11.3 Å². The molecule has 5 heteroatoms. The maximum Gasteiger partial charge on any atom is 0.341 e. The molecule has 0 aliphatic heterocycles.